The van der Waals surface area contributed by atoms with Crippen LogP contribution < -0.4 is 11.1 Å². The lowest BCUT2D eigenvalue weighted by Gasteiger charge is -2.17. The second-order valence-electron chi connectivity index (χ2n) is 8.80. The number of aromatic nitrogens is 2. The molecule has 40 heavy (non-hydrogen) atoms. The normalized spacial score (nSPS) is 12.2. The Hall–Kier alpha value is -3.41. The van der Waals surface area contributed by atoms with Crippen LogP contribution in [0.1, 0.15) is 53.0 Å². The summed E-state index contributed by atoms with van der Waals surface area (Å²) in [6.45, 7) is 3.50. The summed E-state index contributed by atoms with van der Waals surface area (Å²) < 4.78 is 34.1. The quantitative estimate of drug-likeness (QED) is 0.253. The van der Waals surface area contributed by atoms with Gasteiger partial charge in [0.05, 0.1) is 40.3 Å². The Balaban J connectivity index is 0.000000222. The molecule has 0 fully saturated rings. The van der Waals surface area contributed by atoms with Crippen LogP contribution in [0, 0.1) is 11.6 Å². The van der Waals surface area contributed by atoms with E-state index in [0.717, 1.165) is 11.1 Å². The lowest BCUT2D eigenvalue weighted by Crippen LogP contribution is -2.25. The maximum absolute atomic E-state index is 13.0. The second-order valence-corrected chi connectivity index (χ2v) is 10.5. The fraction of sp³-hybridized carbons (Fsp3) is 0.207. The van der Waals surface area contributed by atoms with Crippen LogP contribution in [-0.2, 0) is 11.3 Å². The SMILES string of the molecule is COC(=O)c1cc(Br)c(=O)n([C@@H](C)c2ccc(F)cc2)c1.C[C@@H](c1ccc(F)cc1)n1cc(CO)cc(Br)c1=O. The standard InChI is InChI=1S/C15H13BrFNO3.C14H13BrFNO2/c1-9(10-3-5-12(17)6-4-10)18-8-11(15(20)21-2)7-13(16)14(18)19;1-9(11-2-4-12(16)5-3-11)17-7-10(8-18)6-13(15)14(17)19/h3-9H,1-2H3;2-7,9,18H,8H2,1H3/t2*9-/m00/s1. The van der Waals surface area contributed by atoms with Crippen molar-refractivity contribution in [1.29, 1.82) is 0 Å². The van der Waals surface area contributed by atoms with Crippen molar-refractivity contribution in [2.75, 3.05) is 7.11 Å². The molecule has 0 saturated carbocycles. The summed E-state index contributed by atoms with van der Waals surface area (Å²) in [4.78, 5) is 35.9. The number of esters is 1. The van der Waals surface area contributed by atoms with Gasteiger partial charge in [0.2, 0.25) is 0 Å². The van der Waals surface area contributed by atoms with Gasteiger partial charge in [-0.05, 0) is 98.8 Å². The zero-order valence-electron chi connectivity index (χ0n) is 21.8. The van der Waals surface area contributed by atoms with Crippen molar-refractivity contribution in [2.45, 2.75) is 32.5 Å². The molecular weight excluding hydrogens is 654 g/mol. The fourth-order valence-corrected chi connectivity index (χ4v) is 4.83. The highest BCUT2D eigenvalue weighted by Gasteiger charge is 2.16. The Morgan fingerprint density at radius 3 is 1.68 bits per heavy atom. The zero-order chi connectivity index (χ0) is 29.6. The molecule has 0 aliphatic carbocycles. The number of methoxy groups -OCH3 is 1. The highest BCUT2D eigenvalue weighted by molar-refractivity contribution is 9.10. The molecule has 2 atom stereocenters. The van der Waals surface area contributed by atoms with E-state index in [4.69, 9.17) is 0 Å². The van der Waals surface area contributed by atoms with E-state index in [2.05, 4.69) is 36.6 Å². The van der Waals surface area contributed by atoms with Gasteiger partial charge in [-0.15, -0.1) is 0 Å². The molecule has 4 rings (SSSR count). The molecule has 11 heteroatoms. The van der Waals surface area contributed by atoms with Gasteiger partial charge in [0.25, 0.3) is 11.1 Å². The van der Waals surface area contributed by atoms with Crippen LogP contribution in [0.15, 0.2) is 91.6 Å². The summed E-state index contributed by atoms with van der Waals surface area (Å²) >= 11 is 6.33. The largest absolute Gasteiger partial charge is 0.465 e. The Labute approximate surface area is 245 Å². The molecule has 0 amide bonds. The molecule has 0 radical (unpaired) electrons. The van der Waals surface area contributed by atoms with Crippen LogP contribution in [0.5, 0.6) is 0 Å². The highest BCUT2D eigenvalue weighted by Crippen LogP contribution is 2.20. The molecule has 2 aromatic heterocycles. The lowest BCUT2D eigenvalue weighted by molar-refractivity contribution is 0.0599. The molecule has 0 unspecified atom stereocenters. The van der Waals surface area contributed by atoms with E-state index in [-0.39, 0.29) is 51.5 Å². The van der Waals surface area contributed by atoms with Gasteiger partial charge in [-0.25, -0.2) is 13.6 Å². The Morgan fingerprint density at radius 1 is 0.825 bits per heavy atom. The first-order chi connectivity index (χ1) is 19.0. The molecule has 0 bridgehead atoms. The van der Waals surface area contributed by atoms with Crippen LogP contribution in [0.2, 0.25) is 0 Å². The average molecular weight is 680 g/mol. The predicted molar refractivity (Wildman–Crippen MR) is 154 cm³/mol. The van der Waals surface area contributed by atoms with Crippen LogP contribution in [0.25, 0.3) is 0 Å². The number of pyridine rings is 2. The summed E-state index contributed by atoms with van der Waals surface area (Å²) in [6, 6.07) is 14.3. The number of carbonyl (C=O) groups excluding carboxylic acids is 1. The number of hydrogen-bond donors (Lipinski definition) is 1. The number of hydrogen-bond acceptors (Lipinski definition) is 5. The minimum atomic E-state index is -0.532. The first-order valence-electron chi connectivity index (χ1n) is 12.0. The predicted octanol–water partition coefficient (Wildman–Crippen LogP) is 6.00. The lowest BCUT2D eigenvalue weighted by atomic mass is 10.1. The van der Waals surface area contributed by atoms with Gasteiger partial charge in [0.1, 0.15) is 11.6 Å². The molecule has 4 aromatic rings. The third kappa shape index (κ3) is 7.41. The van der Waals surface area contributed by atoms with E-state index >= 15 is 0 Å². The number of benzene rings is 2. The molecule has 0 aliphatic heterocycles. The molecule has 0 aliphatic rings. The van der Waals surface area contributed by atoms with Gasteiger partial charge >= 0.3 is 5.97 Å². The number of aliphatic hydroxyl groups is 1. The van der Waals surface area contributed by atoms with Crippen LogP contribution in [0.3, 0.4) is 0 Å². The number of ether oxygens (including phenoxy) is 1. The third-order valence-corrected chi connectivity index (χ3v) is 7.33. The summed E-state index contributed by atoms with van der Waals surface area (Å²) in [7, 11) is 1.27. The number of carbonyl (C=O) groups is 1. The maximum atomic E-state index is 13.0. The van der Waals surface area contributed by atoms with Gasteiger partial charge in [-0.2, -0.15) is 0 Å². The third-order valence-electron chi connectivity index (χ3n) is 6.20. The van der Waals surface area contributed by atoms with E-state index < -0.39 is 5.97 Å². The van der Waals surface area contributed by atoms with Gasteiger partial charge in [-0.3, -0.25) is 9.59 Å². The van der Waals surface area contributed by atoms with Crippen molar-refractivity contribution >= 4 is 37.8 Å². The van der Waals surface area contributed by atoms with Crippen molar-refractivity contribution in [3.8, 4) is 0 Å². The van der Waals surface area contributed by atoms with Crippen LogP contribution in [-0.4, -0.2) is 27.3 Å². The number of rotatable bonds is 6. The van der Waals surface area contributed by atoms with E-state index in [1.807, 2.05) is 6.92 Å². The Bertz CT molecular complexity index is 1600. The molecule has 210 valence electrons. The first-order valence-corrected chi connectivity index (χ1v) is 13.6. The van der Waals surface area contributed by atoms with Gasteiger partial charge in [-0.1, -0.05) is 24.3 Å². The summed E-state index contributed by atoms with van der Waals surface area (Å²) in [5, 5.41) is 9.18. The van der Waals surface area contributed by atoms with Crippen molar-refractivity contribution in [2.24, 2.45) is 0 Å². The molecule has 7 nitrogen and oxygen atoms in total. The monoisotopic (exact) mass is 678 g/mol. The Morgan fingerprint density at radius 2 is 1.25 bits per heavy atom. The zero-order valence-corrected chi connectivity index (χ0v) is 24.9. The smallest absolute Gasteiger partial charge is 0.339 e. The number of nitrogens with zero attached hydrogens (tertiary/aromatic N) is 2. The van der Waals surface area contributed by atoms with Crippen molar-refractivity contribution in [3.63, 3.8) is 0 Å². The molecule has 2 aromatic carbocycles. The highest BCUT2D eigenvalue weighted by atomic mass is 79.9. The van der Waals surface area contributed by atoms with Gasteiger partial charge < -0.3 is 19.0 Å². The maximum Gasteiger partial charge on any atom is 0.339 e. The van der Waals surface area contributed by atoms with Gasteiger partial charge in [0, 0.05) is 12.4 Å². The van der Waals surface area contributed by atoms with E-state index in [0.29, 0.717) is 10.0 Å². The summed E-state index contributed by atoms with van der Waals surface area (Å²) in [5.41, 5.74) is 2.02. The minimum absolute atomic E-state index is 0.144. The average Bonchev–Trinajstić information content (AvgIpc) is 2.95. The van der Waals surface area contributed by atoms with E-state index in [1.165, 1.54) is 52.8 Å². The van der Waals surface area contributed by atoms with Crippen LogP contribution >= 0.6 is 31.9 Å². The number of aliphatic hydroxyl groups excluding tert-OH is 1. The van der Waals surface area contributed by atoms with E-state index in [9.17, 15) is 28.3 Å². The van der Waals surface area contributed by atoms with Crippen LogP contribution in [0.4, 0.5) is 8.78 Å². The molecular formula is C29H26Br2F2N2O5. The van der Waals surface area contributed by atoms with Gasteiger partial charge in [0.15, 0.2) is 0 Å². The molecule has 1 N–H and O–H groups in total. The van der Waals surface area contributed by atoms with Crippen molar-refractivity contribution < 1.29 is 23.4 Å². The summed E-state index contributed by atoms with van der Waals surface area (Å²) in [5.74, 6) is -1.19. The Kier molecular flexibility index (Phi) is 10.7. The molecule has 0 spiro atoms. The molecule has 0 saturated heterocycles. The minimum Gasteiger partial charge on any atom is -0.465 e. The first kappa shape index (κ1) is 31.1. The number of halogens is 4. The van der Waals surface area contributed by atoms with Crippen molar-refractivity contribution in [1.82, 2.24) is 9.13 Å². The van der Waals surface area contributed by atoms with Crippen molar-refractivity contribution in [3.05, 3.63) is 137 Å². The molecule has 2 heterocycles. The topological polar surface area (TPSA) is 90.5 Å². The fourth-order valence-electron chi connectivity index (χ4n) is 3.88. The van der Waals surface area contributed by atoms with E-state index in [1.54, 1.807) is 43.5 Å². The second kappa shape index (κ2) is 13.8. The summed E-state index contributed by atoms with van der Waals surface area (Å²) in [6.07, 6.45) is 3.05.